The molecule has 3 aromatic rings. The lowest BCUT2D eigenvalue weighted by Crippen LogP contribution is -1.93. The maximum absolute atomic E-state index is 5.59. The number of aromatic nitrogens is 4. The van der Waals surface area contributed by atoms with E-state index in [2.05, 4.69) is 20.1 Å². The molecular weight excluding hydrogens is 240 g/mol. The lowest BCUT2D eigenvalue weighted by atomic mass is 10.3. The van der Waals surface area contributed by atoms with Crippen LogP contribution in [0.1, 0.15) is 17.5 Å². The van der Waals surface area contributed by atoms with Crippen molar-refractivity contribution in [2.24, 2.45) is 0 Å². The highest BCUT2D eigenvalue weighted by molar-refractivity contribution is 6.16. The second-order valence-corrected chi connectivity index (χ2v) is 3.88. The minimum absolute atomic E-state index is 0.229. The van der Waals surface area contributed by atoms with Gasteiger partial charge in [0.15, 0.2) is 5.82 Å². The molecule has 17 heavy (non-hydrogen) atoms. The topological polar surface area (TPSA) is 67.6 Å². The predicted octanol–water partition coefficient (Wildman–Crippen LogP) is 2.28. The number of halogens is 1. The number of imidazole rings is 1. The minimum Gasteiger partial charge on any atom is -0.342 e. The fraction of sp³-hybridized carbons (Fsp3) is 0.182. The normalized spacial score (nSPS) is 11.1. The van der Waals surface area contributed by atoms with E-state index >= 15 is 0 Å². The van der Waals surface area contributed by atoms with Crippen molar-refractivity contribution in [3.05, 3.63) is 41.8 Å². The van der Waals surface area contributed by atoms with E-state index in [1.54, 1.807) is 0 Å². The summed E-state index contributed by atoms with van der Waals surface area (Å²) < 4.78 is 4.93. The summed E-state index contributed by atoms with van der Waals surface area (Å²) in [6.07, 6.45) is 0.509. The monoisotopic (exact) mass is 248 g/mol. The van der Waals surface area contributed by atoms with E-state index < -0.39 is 0 Å². The van der Waals surface area contributed by atoms with E-state index in [0.717, 1.165) is 16.9 Å². The number of H-pyrrole nitrogens is 1. The zero-order valence-corrected chi connectivity index (χ0v) is 9.61. The number of nitrogens with zero attached hydrogens (tertiary/aromatic N) is 3. The molecule has 0 aliphatic rings. The van der Waals surface area contributed by atoms with Crippen molar-refractivity contribution >= 4 is 22.6 Å². The molecular formula is C11H9ClN4O. The van der Waals surface area contributed by atoms with Crippen LogP contribution >= 0.6 is 11.6 Å². The standard InChI is InChI=1S/C11H9ClN4O/c12-6-11-15-10(16-17-11)5-9-13-7-3-1-2-4-8(7)14-9/h1-4H,5-6H2,(H,13,14). The Balaban J connectivity index is 1.89. The fourth-order valence-electron chi connectivity index (χ4n) is 1.66. The van der Waals surface area contributed by atoms with Crippen LogP contribution in [0.25, 0.3) is 11.0 Å². The Morgan fingerprint density at radius 2 is 2.12 bits per heavy atom. The molecule has 6 heteroatoms. The van der Waals surface area contributed by atoms with Gasteiger partial charge in [0, 0.05) is 0 Å². The summed E-state index contributed by atoms with van der Waals surface area (Å²) in [6.45, 7) is 0. The van der Waals surface area contributed by atoms with Gasteiger partial charge in [0.2, 0.25) is 5.89 Å². The van der Waals surface area contributed by atoms with Crippen LogP contribution in [-0.2, 0) is 12.3 Å². The van der Waals surface area contributed by atoms with Crippen LogP contribution < -0.4 is 0 Å². The van der Waals surface area contributed by atoms with E-state index in [4.69, 9.17) is 16.1 Å². The number of nitrogens with one attached hydrogen (secondary N) is 1. The van der Waals surface area contributed by atoms with E-state index in [1.165, 1.54) is 0 Å². The Morgan fingerprint density at radius 1 is 1.24 bits per heavy atom. The third-order valence-electron chi connectivity index (χ3n) is 2.39. The molecule has 5 nitrogen and oxygen atoms in total. The average Bonchev–Trinajstić information content (AvgIpc) is 2.94. The Labute approximate surface area is 102 Å². The second-order valence-electron chi connectivity index (χ2n) is 3.62. The Morgan fingerprint density at radius 3 is 2.88 bits per heavy atom. The van der Waals surface area contributed by atoms with Gasteiger partial charge in [0.1, 0.15) is 11.7 Å². The maximum atomic E-state index is 5.59. The van der Waals surface area contributed by atoms with E-state index in [-0.39, 0.29) is 5.88 Å². The average molecular weight is 249 g/mol. The third kappa shape index (κ3) is 2.01. The summed E-state index contributed by atoms with van der Waals surface area (Å²) in [7, 11) is 0. The number of aromatic amines is 1. The molecule has 3 rings (SSSR count). The summed E-state index contributed by atoms with van der Waals surface area (Å²) in [5, 5.41) is 3.82. The maximum Gasteiger partial charge on any atom is 0.241 e. The summed E-state index contributed by atoms with van der Waals surface area (Å²) in [5.41, 5.74) is 1.94. The number of rotatable bonds is 3. The minimum atomic E-state index is 0.229. The van der Waals surface area contributed by atoms with Crippen LogP contribution in [0.2, 0.25) is 0 Å². The molecule has 2 aromatic heterocycles. The van der Waals surface area contributed by atoms with Crippen molar-refractivity contribution in [2.75, 3.05) is 0 Å². The van der Waals surface area contributed by atoms with Crippen LogP contribution in [0.4, 0.5) is 0 Å². The molecule has 0 aliphatic heterocycles. The van der Waals surface area contributed by atoms with Crippen molar-refractivity contribution in [2.45, 2.75) is 12.3 Å². The highest BCUT2D eigenvalue weighted by Gasteiger charge is 2.09. The molecule has 0 unspecified atom stereocenters. The molecule has 1 aromatic carbocycles. The van der Waals surface area contributed by atoms with Crippen molar-refractivity contribution in [1.29, 1.82) is 0 Å². The Hall–Kier alpha value is -1.88. The zero-order valence-electron chi connectivity index (χ0n) is 8.85. The molecule has 0 spiro atoms. The summed E-state index contributed by atoms with van der Waals surface area (Å²) in [6, 6.07) is 7.85. The Kier molecular flexibility index (Phi) is 2.53. The molecule has 1 N–H and O–H groups in total. The number of hydrogen-bond acceptors (Lipinski definition) is 4. The van der Waals surface area contributed by atoms with Gasteiger partial charge >= 0.3 is 0 Å². The first-order chi connectivity index (χ1) is 8.35. The largest absolute Gasteiger partial charge is 0.342 e. The van der Waals surface area contributed by atoms with Gasteiger partial charge in [0.05, 0.1) is 17.5 Å². The quantitative estimate of drug-likeness (QED) is 0.722. The molecule has 86 valence electrons. The third-order valence-corrected chi connectivity index (χ3v) is 2.62. The van der Waals surface area contributed by atoms with Gasteiger partial charge in [-0.1, -0.05) is 17.3 Å². The summed E-state index contributed by atoms with van der Waals surface area (Å²) in [5.74, 6) is 2.05. The first kappa shape index (κ1) is 10.3. The van der Waals surface area contributed by atoms with Crippen molar-refractivity contribution in [3.63, 3.8) is 0 Å². The lowest BCUT2D eigenvalue weighted by Gasteiger charge is -1.87. The molecule has 0 aliphatic carbocycles. The molecule has 0 radical (unpaired) electrons. The number of alkyl halides is 1. The van der Waals surface area contributed by atoms with Crippen molar-refractivity contribution < 1.29 is 4.52 Å². The smallest absolute Gasteiger partial charge is 0.241 e. The van der Waals surface area contributed by atoms with Gasteiger partial charge in [-0.3, -0.25) is 0 Å². The van der Waals surface area contributed by atoms with E-state index in [9.17, 15) is 0 Å². The summed E-state index contributed by atoms with van der Waals surface area (Å²) in [4.78, 5) is 11.8. The van der Waals surface area contributed by atoms with Gasteiger partial charge in [0.25, 0.3) is 0 Å². The first-order valence-electron chi connectivity index (χ1n) is 5.16. The first-order valence-corrected chi connectivity index (χ1v) is 5.69. The van der Waals surface area contributed by atoms with Gasteiger partial charge in [-0.05, 0) is 12.1 Å². The Bertz CT molecular complexity index is 613. The zero-order chi connectivity index (χ0) is 11.7. The van der Waals surface area contributed by atoms with E-state index in [1.807, 2.05) is 24.3 Å². The lowest BCUT2D eigenvalue weighted by molar-refractivity contribution is 0.385. The van der Waals surface area contributed by atoms with E-state index in [0.29, 0.717) is 18.1 Å². The molecule has 0 saturated carbocycles. The number of benzene rings is 1. The molecule has 0 atom stereocenters. The van der Waals surface area contributed by atoms with Gasteiger partial charge in [-0.15, -0.1) is 11.6 Å². The van der Waals surface area contributed by atoms with Gasteiger partial charge in [-0.2, -0.15) is 4.98 Å². The summed E-state index contributed by atoms with van der Waals surface area (Å²) >= 11 is 5.59. The predicted molar refractivity (Wildman–Crippen MR) is 62.8 cm³/mol. The number of fused-ring (bicyclic) bond motifs is 1. The highest BCUT2D eigenvalue weighted by Crippen LogP contribution is 2.12. The SMILES string of the molecule is ClCc1nc(Cc2nc3ccccc3[nH]2)no1. The number of hydrogen-bond donors (Lipinski definition) is 1. The van der Waals surface area contributed by atoms with Crippen LogP contribution in [-0.4, -0.2) is 20.1 Å². The van der Waals surface area contributed by atoms with Crippen LogP contribution in [0, 0.1) is 0 Å². The molecule has 0 saturated heterocycles. The highest BCUT2D eigenvalue weighted by atomic mass is 35.5. The molecule has 0 bridgehead atoms. The van der Waals surface area contributed by atoms with Crippen LogP contribution in [0.5, 0.6) is 0 Å². The molecule has 0 fully saturated rings. The van der Waals surface area contributed by atoms with Crippen LogP contribution in [0.3, 0.4) is 0 Å². The second kappa shape index (κ2) is 4.18. The van der Waals surface area contributed by atoms with Crippen molar-refractivity contribution in [3.8, 4) is 0 Å². The van der Waals surface area contributed by atoms with Crippen LogP contribution in [0.15, 0.2) is 28.8 Å². The van der Waals surface area contributed by atoms with Gasteiger partial charge < -0.3 is 9.51 Å². The number of para-hydroxylation sites is 2. The molecule has 2 heterocycles. The van der Waals surface area contributed by atoms with Crippen molar-refractivity contribution in [1.82, 2.24) is 20.1 Å². The molecule has 0 amide bonds. The fourth-order valence-corrected chi connectivity index (χ4v) is 1.76. The van der Waals surface area contributed by atoms with Gasteiger partial charge in [-0.25, -0.2) is 4.98 Å².